The number of esters is 1. The summed E-state index contributed by atoms with van der Waals surface area (Å²) in [4.78, 5) is 27.1. The number of benzene rings is 2. The summed E-state index contributed by atoms with van der Waals surface area (Å²) in [5.41, 5.74) is -0.265. The Hall–Kier alpha value is -2.24. The number of hydrogen-bond acceptors (Lipinski definition) is 5. The van der Waals surface area contributed by atoms with E-state index in [1.807, 2.05) is 49.6 Å². The van der Waals surface area contributed by atoms with Crippen molar-refractivity contribution >= 4 is 22.5 Å². The van der Waals surface area contributed by atoms with Crippen molar-refractivity contribution in [2.45, 2.75) is 90.8 Å². The van der Waals surface area contributed by atoms with E-state index in [1.165, 1.54) is 0 Å². The van der Waals surface area contributed by atoms with Gasteiger partial charge in [-0.3, -0.25) is 9.59 Å². The SMILES string of the molecule is CO[C@@H]1C[C@@H]2C[C@H](O)CC[C@]2(C)[C@H]2CC(=O)[C@]3(C)[C@@H]([C@H](C)CCC(=O)Oc4cccc5ccccc45)CC[C@H]3[C@H]12. The zero-order valence-electron chi connectivity index (χ0n) is 24.6. The molecule has 6 rings (SSSR count). The van der Waals surface area contributed by atoms with Crippen molar-refractivity contribution in [3.05, 3.63) is 42.5 Å². The lowest BCUT2D eigenvalue weighted by Crippen LogP contribution is -2.61. The van der Waals surface area contributed by atoms with E-state index in [0.717, 1.165) is 55.7 Å². The van der Waals surface area contributed by atoms with Gasteiger partial charge < -0.3 is 14.6 Å². The minimum absolute atomic E-state index is 0.102. The number of aliphatic hydroxyl groups excluding tert-OH is 1. The number of aliphatic hydroxyl groups is 1. The van der Waals surface area contributed by atoms with Crippen LogP contribution in [0.4, 0.5) is 0 Å². The van der Waals surface area contributed by atoms with Gasteiger partial charge in [-0.25, -0.2) is 0 Å². The maximum atomic E-state index is 14.2. The Morgan fingerprint density at radius 1 is 1.05 bits per heavy atom. The molecule has 4 aliphatic rings. The summed E-state index contributed by atoms with van der Waals surface area (Å²) < 4.78 is 12.0. The Morgan fingerprint density at radius 2 is 1.82 bits per heavy atom. The van der Waals surface area contributed by atoms with Crippen LogP contribution < -0.4 is 4.74 Å². The van der Waals surface area contributed by atoms with E-state index in [9.17, 15) is 14.7 Å². The maximum absolute atomic E-state index is 14.2. The standard InChI is InChI=1S/C35H46O5/c1-21(12-15-32(38)40-29-11-7-9-22-8-5-6-10-25(22)29)26-13-14-27-33-28(20-31(37)35(26,27)3)34(2)17-16-24(36)18-23(34)19-30(33)39-4/h5-11,21,23-24,26-28,30,33,36H,12-20H2,1-4H3/t21-,23+,24-,26-,27+,28+,30-,33+,34+,35-/m1/s1. The predicted molar refractivity (Wildman–Crippen MR) is 156 cm³/mol. The van der Waals surface area contributed by atoms with Gasteiger partial charge in [0.25, 0.3) is 0 Å². The Balaban J connectivity index is 1.16. The number of ether oxygens (including phenoxy) is 2. The van der Waals surface area contributed by atoms with Gasteiger partial charge in [0.15, 0.2) is 0 Å². The van der Waals surface area contributed by atoms with Gasteiger partial charge in [-0.15, -0.1) is 0 Å². The van der Waals surface area contributed by atoms with Crippen LogP contribution in [-0.4, -0.2) is 36.2 Å². The lowest BCUT2D eigenvalue weighted by molar-refractivity contribution is -0.186. The molecule has 4 aliphatic carbocycles. The monoisotopic (exact) mass is 546 g/mol. The fraction of sp³-hybridized carbons (Fsp3) is 0.657. The predicted octanol–water partition coefficient (Wildman–Crippen LogP) is 6.99. The van der Waals surface area contributed by atoms with Crippen LogP contribution in [0.25, 0.3) is 10.8 Å². The smallest absolute Gasteiger partial charge is 0.311 e. The summed E-state index contributed by atoms with van der Waals surface area (Å²) in [7, 11) is 1.84. The summed E-state index contributed by atoms with van der Waals surface area (Å²) in [6.45, 7) is 6.88. The number of methoxy groups -OCH3 is 1. The highest BCUT2D eigenvalue weighted by Gasteiger charge is 2.66. The van der Waals surface area contributed by atoms with Gasteiger partial charge in [0.2, 0.25) is 0 Å². The average Bonchev–Trinajstić information content (AvgIpc) is 3.31. The van der Waals surface area contributed by atoms with Crippen LogP contribution in [0.2, 0.25) is 0 Å². The van der Waals surface area contributed by atoms with Crippen LogP contribution in [-0.2, 0) is 14.3 Å². The van der Waals surface area contributed by atoms with Crippen LogP contribution in [0, 0.1) is 46.3 Å². The normalized spacial score (nSPS) is 39.7. The van der Waals surface area contributed by atoms with Crippen molar-refractivity contribution in [3.63, 3.8) is 0 Å². The first kappa shape index (κ1) is 27.9. The Kier molecular flexibility index (Phi) is 7.36. The van der Waals surface area contributed by atoms with Crippen molar-refractivity contribution in [1.82, 2.24) is 0 Å². The average molecular weight is 547 g/mol. The molecule has 40 heavy (non-hydrogen) atoms. The van der Waals surface area contributed by atoms with Gasteiger partial charge in [0, 0.05) is 30.8 Å². The Labute approximate surface area is 239 Å². The van der Waals surface area contributed by atoms with E-state index < -0.39 is 0 Å². The highest BCUT2D eigenvalue weighted by molar-refractivity contribution is 5.90. The van der Waals surface area contributed by atoms with E-state index in [-0.39, 0.29) is 40.8 Å². The first-order valence-corrected chi connectivity index (χ1v) is 15.6. The molecule has 4 saturated carbocycles. The molecule has 216 valence electrons. The molecule has 1 N–H and O–H groups in total. The second kappa shape index (κ2) is 10.5. The Morgan fingerprint density at radius 3 is 2.62 bits per heavy atom. The van der Waals surface area contributed by atoms with E-state index in [1.54, 1.807) is 0 Å². The quantitative estimate of drug-likeness (QED) is 0.312. The van der Waals surface area contributed by atoms with Crippen molar-refractivity contribution in [3.8, 4) is 5.75 Å². The molecule has 4 fully saturated rings. The fourth-order valence-corrected chi connectivity index (χ4v) is 10.1. The molecule has 2 aromatic carbocycles. The molecule has 0 saturated heterocycles. The number of rotatable bonds is 6. The van der Waals surface area contributed by atoms with E-state index in [0.29, 0.717) is 48.0 Å². The second-order valence-corrected chi connectivity index (χ2v) is 14.0. The summed E-state index contributed by atoms with van der Waals surface area (Å²) in [5, 5.41) is 12.4. The first-order valence-electron chi connectivity index (χ1n) is 15.6. The Bertz CT molecular complexity index is 1270. The second-order valence-electron chi connectivity index (χ2n) is 14.0. The summed E-state index contributed by atoms with van der Waals surface area (Å²) in [6.07, 6.45) is 7.41. The third-order valence-electron chi connectivity index (χ3n) is 12.3. The highest BCUT2D eigenvalue weighted by Crippen LogP contribution is 2.67. The number of carbonyl (C=O) groups excluding carboxylic acids is 2. The van der Waals surface area contributed by atoms with Gasteiger partial charge in [0.1, 0.15) is 11.5 Å². The summed E-state index contributed by atoms with van der Waals surface area (Å²) >= 11 is 0. The number of carbonyl (C=O) groups is 2. The van der Waals surface area contributed by atoms with Crippen LogP contribution in [0.15, 0.2) is 42.5 Å². The van der Waals surface area contributed by atoms with Gasteiger partial charge in [-0.2, -0.15) is 0 Å². The van der Waals surface area contributed by atoms with Gasteiger partial charge in [-0.1, -0.05) is 57.2 Å². The molecular formula is C35H46O5. The van der Waals surface area contributed by atoms with Crippen molar-refractivity contribution in [1.29, 1.82) is 0 Å². The third kappa shape index (κ3) is 4.43. The molecule has 0 aliphatic heterocycles. The fourth-order valence-electron chi connectivity index (χ4n) is 10.1. The van der Waals surface area contributed by atoms with Crippen molar-refractivity contribution in [2.75, 3.05) is 7.11 Å². The van der Waals surface area contributed by atoms with Crippen LogP contribution in [0.3, 0.4) is 0 Å². The molecule has 0 unspecified atom stereocenters. The lowest BCUT2D eigenvalue weighted by Gasteiger charge is -2.62. The van der Waals surface area contributed by atoms with Crippen LogP contribution >= 0.6 is 0 Å². The molecule has 0 spiro atoms. The molecule has 5 nitrogen and oxygen atoms in total. The summed E-state index contributed by atoms with van der Waals surface area (Å²) in [6, 6.07) is 13.8. The van der Waals surface area contributed by atoms with Crippen LogP contribution in [0.5, 0.6) is 5.75 Å². The number of fused-ring (bicyclic) bond motifs is 6. The molecule has 0 radical (unpaired) electrons. The largest absolute Gasteiger partial charge is 0.426 e. The third-order valence-corrected chi connectivity index (χ3v) is 12.3. The molecule has 10 atom stereocenters. The molecule has 0 bridgehead atoms. The van der Waals surface area contributed by atoms with E-state index in [4.69, 9.17) is 9.47 Å². The zero-order chi connectivity index (χ0) is 28.2. The summed E-state index contributed by atoms with van der Waals surface area (Å²) in [5.74, 6) is 2.82. The molecule has 0 amide bonds. The minimum Gasteiger partial charge on any atom is -0.426 e. The molecule has 2 aromatic rings. The topological polar surface area (TPSA) is 72.8 Å². The van der Waals surface area contributed by atoms with Gasteiger partial charge in [-0.05, 0) is 97.3 Å². The van der Waals surface area contributed by atoms with Crippen molar-refractivity contribution in [2.24, 2.45) is 46.3 Å². The van der Waals surface area contributed by atoms with E-state index >= 15 is 0 Å². The van der Waals surface area contributed by atoms with Crippen LogP contribution in [0.1, 0.15) is 78.6 Å². The van der Waals surface area contributed by atoms with E-state index in [2.05, 4.69) is 20.8 Å². The number of Topliss-reactive ketones (excluding diaryl/α,β-unsaturated/α-hetero) is 1. The zero-order valence-corrected chi connectivity index (χ0v) is 24.6. The molecule has 5 heteroatoms. The maximum Gasteiger partial charge on any atom is 0.311 e. The lowest BCUT2D eigenvalue weighted by atomic mass is 9.43. The highest BCUT2D eigenvalue weighted by atomic mass is 16.5. The van der Waals surface area contributed by atoms with Gasteiger partial charge in [0.05, 0.1) is 12.2 Å². The molecule has 0 aromatic heterocycles. The molecule has 0 heterocycles. The first-order chi connectivity index (χ1) is 19.2. The number of hydrogen-bond donors (Lipinski definition) is 1. The van der Waals surface area contributed by atoms with Crippen molar-refractivity contribution < 1.29 is 24.2 Å². The minimum atomic E-state index is -0.367. The van der Waals surface area contributed by atoms with Gasteiger partial charge >= 0.3 is 5.97 Å². The number of ketones is 1. The molecular weight excluding hydrogens is 500 g/mol.